The van der Waals surface area contributed by atoms with E-state index in [1.54, 1.807) is 25.2 Å². The highest BCUT2D eigenvalue weighted by molar-refractivity contribution is 7.94. The predicted octanol–water partition coefficient (Wildman–Crippen LogP) is 1.97. The fourth-order valence-corrected chi connectivity index (χ4v) is 6.72. The molecular formula is C17H20N2O5S3. The fraction of sp³-hybridized carbons (Fsp3) is 0.353. The van der Waals surface area contributed by atoms with Crippen LogP contribution in [0.4, 0.5) is 5.69 Å². The van der Waals surface area contributed by atoms with Crippen LogP contribution in [0.5, 0.6) is 0 Å². The molecule has 0 bridgehead atoms. The summed E-state index contributed by atoms with van der Waals surface area (Å²) in [5.41, 5.74) is -0.865. The van der Waals surface area contributed by atoms with Gasteiger partial charge in [0.2, 0.25) is 26.0 Å². The highest BCUT2D eigenvalue weighted by atomic mass is 32.2. The van der Waals surface area contributed by atoms with Crippen molar-refractivity contribution in [3.8, 4) is 0 Å². The standard InChI is InChI=1S/C17H20N2O5S3/c1-17(2)12-26(21,22)19(16(17)20)13-5-7-15(8-6-13)27(23,24)18-10-9-14-4-3-11-25-14/h3-8,11,18H,9-10,12H2,1-2H3. The summed E-state index contributed by atoms with van der Waals surface area (Å²) in [5, 5.41) is 1.93. The van der Waals surface area contributed by atoms with E-state index in [1.165, 1.54) is 24.3 Å². The van der Waals surface area contributed by atoms with Crippen LogP contribution < -0.4 is 9.03 Å². The zero-order chi connectivity index (χ0) is 19.9. The molecule has 7 nitrogen and oxygen atoms in total. The highest BCUT2D eigenvalue weighted by Crippen LogP contribution is 2.35. The largest absolute Gasteiger partial charge is 0.273 e. The number of hydrogen-bond donors (Lipinski definition) is 1. The summed E-state index contributed by atoms with van der Waals surface area (Å²) in [7, 11) is -7.48. The van der Waals surface area contributed by atoms with Crippen molar-refractivity contribution in [3.05, 3.63) is 46.7 Å². The molecule has 10 heteroatoms. The van der Waals surface area contributed by atoms with Crippen LogP contribution in [0, 0.1) is 5.41 Å². The van der Waals surface area contributed by atoms with E-state index in [-0.39, 0.29) is 22.9 Å². The molecule has 1 aromatic carbocycles. The number of amides is 1. The van der Waals surface area contributed by atoms with Crippen molar-refractivity contribution < 1.29 is 21.6 Å². The summed E-state index contributed by atoms with van der Waals surface area (Å²) in [6.45, 7) is 3.41. The third kappa shape index (κ3) is 4.08. The van der Waals surface area contributed by atoms with Gasteiger partial charge in [-0.15, -0.1) is 11.3 Å². The molecule has 1 fully saturated rings. The van der Waals surface area contributed by atoms with Gasteiger partial charge in [0.15, 0.2) is 0 Å². The lowest BCUT2D eigenvalue weighted by Gasteiger charge is -2.17. The fourth-order valence-electron chi connectivity index (χ4n) is 2.87. The molecule has 2 heterocycles. The lowest BCUT2D eigenvalue weighted by Crippen LogP contribution is -2.33. The smallest absolute Gasteiger partial charge is 0.247 e. The summed E-state index contributed by atoms with van der Waals surface area (Å²) in [4.78, 5) is 13.5. The van der Waals surface area contributed by atoms with Crippen LogP contribution in [0.15, 0.2) is 46.7 Å². The molecule has 1 N–H and O–H groups in total. The SMILES string of the molecule is CC1(C)CS(=O)(=O)N(c2ccc(S(=O)(=O)NCCc3cccs3)cc2)C1=O. The monoisotopic (exact) mass is 428 g/mol. The molecule has 1 amide bonds. The Morgan fingerprint density at radius 3 is 2.37 bits per heavy atom. The molecule has 0 saturated carbocycles. The Labute approximate surface area is 163 Å². The van der Waals surface area contributed by atoms with Gasteiger partial charge in [0, 0.05) is 11.4 Å². The Bertz CT molecular complexity index is 1040. The molecule has 0 spiro atoms. The van der Waals surface area contributed by atoms with Crippen molar-refractivity contribution in [1.29, 1.82) is 0 Å². The average Bonchev–Trinajstić information content (AvgIpc) is 3.12. The molecule has 0 radical (unpaired) electrons. The maximum Gasteiger partial charge on any atom is 0.247 e. The minimum atomic E-state index is -3.76. The first-order valence-corrected chi connectivity index (χ1v) is 12.2. The van der Waals surface area contributed by atoms with E-state index >= 15 is 0 Å². The van der Waals surface area contributed by atoms with Gasteiger partial charge >= 0.3 is 0 Å². The zero-order valence-corrected chi connectivity index (χ0v) is 17.3. The first-order valence-electron chi connectivity index (χ1n) is 8.22. The first-order chi connectivity index (χ1) is 12.5. The third-order valence-electron chi connectivity index (χ3n) is 4.21. The van der Waals surface area contributed by atoms with E-state index < -0.39 is 31.4 Å². The van der Waals surface area contributed by atoms with Crippen molar-refractivity contribution in [2.24, 2.45) is 5.41 Å². The van der Waals surface area contributed by atoms with E-state index in [0.29, 0.717) is 6.42 Å². The molecule has 0 unspecified atom stereocenters. The molecule has 3 rings (SSSR count). The van der Waals surface area contributed by atoms with Crippen LogP contribution in [0.1, 0.15) is 18.7 Å². The van der Waals surface area contributed by atoms with Crippen LogP contribution in [0.25, 0.3) is 0 Å². The molecule has 0 atom stereocenters. The molecule has 146 valence electrons. The van der Waals surface area contributed by atoms with E-state index in [9.17, 15) is 21.6 Å². The van der Waals surface area contributed by atoms with Crippen molar-refractivity contribution in [1.82, 2.24) is 4.72 Å². The summed E-state index contributed by atoms with van der Waals surface area (Å²) in [5.74, 6) is -0.796. The number of hydrogen-bond acceptors (Lipinski definition) is 6. The normalized spacial score (nSPS) is 18.7. The molecule has 1 aromatic heterocycles. The second-order valence-corrected chi connectivity index (χ2v) is 11.5. The van der Waals surface area contributed by atoms with Gasteiger partial charge in [-0.3, -0.25) is 4.79 Å². The van der Waals surface area contributed by atoms with Gasteiger partial charge in [-0.2, -0.15) is 0 Å². The van der Waals surface area contributed by atoms with Crippen molar-refractivity contribution in [2.45, 2.75) is 25.2 Å². The van der Waals surface area contributed by atoms with Gasteiger partial charge in [-0.1, -0.05) is 6.07 Å². The van der Waals surface area contributed by atoms with Gasteiger partial charge < -0.3 is 0 Å². The van der Waals surface area contributed by atoms with Crippen LogP contribution >= 0.6 is 11.3 Å². The van der Waals surface area contributed by atoms with Crippen LogP contribution in [-0.2, 0) is 31.3 Å². The molecule has 27 heavy (non-hydrogen) atoms. The molecule has 1 aliphatic rings. The predicted molar refractivity (Wildman–Crippen MR) is 105 cm³/mol. The lowest BCUT2D eigenvalue weighted by molar-refractivity contribution is -0.123. The van der Waals surface area contributed by atoms with Crippen LogP contribution in [0.2, 0.25) is 0 Å². The van der Waals surface area contributed by atoms with E-state index in [0.717, 1.165) is 9.18 Å². The number of anilines is 1. The van der Waals surface area contributed by atoms with Gasteiger partial charge in [0.05, 0.1) is 21.8 Å². The quantitative estimate of drug-likeness (QED) is 0.758. The summed E-state index contributed by atoms with van der Waals surface area (Å²) < 4.78 is 52.6. The second-order valence-electron chi connectivity index (χ2n) is 6.93. The highest BCUT2D eigenvalue weighted by Gasteiger charge is 2.49. The molecule has 1 aliphatic heterocycles. The number of nitrogens with zero attached hydrogens (tertiary/aromatic N) is 1. The summed E-state index contributed by atoms with van der Waals surface area (Å²) >= 11 is 1.56. The number of nitrogens with one attached hydrogen (secondary N) is 1. The van der Waals surface area contributed by atoms with E-state index in [1.807, 2.05) is 17.5 Å². The van der Waals surface area contributed by atoms with Crippen molar-refractivity contribution in [3.63, 3.8) is 0 Å². The van der Waals surface area contributed by atoms with Crippen molar-refractivity contribution >= 4 is 43.0 Å². The molecular weight excluding hydrogens is 408 g/mol. The topological polar surface area (TPSA) is 101 Å². The minimum Gasteiger partial charge on any atom is -0.273 e. The van der Waals surface area contributed by atoms with Crippen LogP contribution in [0.3, 0.4) is 0 Å². The number of sulfonamides is 2. The Hall–Kier alpha value is -1.75. The maximum atomic E-state index is 12.4. The summed E-state index contributed by atoms with van der Waals surface area (Å²) in [6.07, 6.45) is 0.588. The number of benzene rings is 1. The van der Waals surface area contributed by atoms with Gasteiger partial charge in [0.25, 0.3) is 0 Å². The molecule has 1 saturated heterocycles. The van der Waals surface area contributed by atoms with Crippen molar-refractivity contribution in [2.75, 3.05) is 16.6 Å². The second kappa shape index (κ2) is 7.01. The zero-order valence-electron chi connectivity index (χ0n) is 14.9. The third-order valence-corrected chi connectivity index (χ3v) is 8.64. The Morgan fingerprint density at radius 2 is 1.85 bits per heavy atom. The Morgan fingerprint density at radius 1 is 1.19 bits per heavy atom. The summed E-state index contributed by atoms with van der Waals surface area (Å²) in [6, 6.07) is 9.12. The lowest BCUT2D eigenvalue weighted by atomic mass is 9.95. The number of carbonyl (C=O) groups excluding carboxylic acids is 1. The van der Waals surface area contributed by atoms with E-state index in [4.69, 9.17) is 0 Å². The average molecular weight is 429 g/mol. The first kappa shape index (κ1) is 20.0. The minimum absolute atomic E-state index is 0.0146. The number of carbonyl (C=O) groups is 1. The van der Waals surface area contributed by atoms with Gasteiger partial charge in [-0.25, -0.2) is 25.9 Å². The van der Waals surface area contributed by atoms with E-state index in [2.05, 4.69) is 4.72 Å². The Balaban J connectivity index is 1.76. The number of thiophene rings is 1. The maximum absolute atomic E-state index is 12.4. The molecule has 0 aliphatic carbocycles. The van der Waals surface area contributed by atoms with Gasteiger partial charge in [0.1, 0.15) is 0 Å². The van der Waals surface area contributed by atoms with Gasteiger partial charge in [-0.05, 0) is 56.0 Å². The van der Waals surface area contributed by atoms with Crippen LogP contribution in [-0.4, -0.2) is 35.0 Å². The number of rotatable bonds is 6. The molecule has 2 aromatic rings. The Kier molecular flexibility index (Phi) is 5.19.